The minimum atomic E-state index is 0.625. The van der Waals surface area contributed by atoms with E-state index in [-0.39, 0.29) is 0 Å². The molecule has 2 N–H and O–H groups in total. The molecule has 3 nitrogen and oxygen atoms in total. The fourth-order valence-corrected chi connectivity index (χ4v) is 2.13. The minimum Gasteiger partial charge on any atom is -0.358 e. The smallest absolute Gasteiger partial charge is 0.171 e. The molecule has 0 saturated carbocycles. The van der Waals surface area contributed by atoms with Crippen LogP contribution in [0.15, 0.2) is 36.7 Å². The van der Waals surface area contributed by atoms with E-state index in [0.29, 0.717) is 11.7 Å². The van der Waals surface area contributed by atoms with Gasteiger partial charge in [0.25, 0.3) is 0 Å². The predicted octanol–water partition coefficient (Wildman–Crippen LogP) is 3.49. The Hall–Kier alpha value is -1.94. The van der Waals surface area contributed by atoms with Crippen molar-refractivity contribution in [2.75, 3.05) is 5.32 Å². The van der Waals surface area contributed by atoms with E-state index >= 15 is 0 Å². The SMILES string of the molecule is Cc1cc(C)c(NC(=S)NCc2cccnc2)cc1C. The number of benzene rings is 1. The molecule has 2 aromatic rings. The van der Waals surface area contributed by atoms with Gasteiger partial charge in [0.2, 0.25) is 0 Å². The van der Waals surface area contributed by atoms with Gasteiger partial charge in [-0.05, 0) is 67.4 Å². The van der Waals surface area contributed by atoms with Crippen LogP contribution in [0.1, 0.15) is 22.3 Å². The van der Waals surface area contributed by atoms with Crippen molar-refractivity contribution >= 4 is 23.0 Å². The van der Waals surface area contributed by atoms with E-state index in [1.807, 2.05) is 18.3 Å². The third-order valence-electron chi connectivity index (χ3n) is 3.26. The summed E-state index contributed by atoms with van der Waals surface area (Å²) in [5.74, 6) is 0. The highest BCUT2D eigenvalue weighted by Crippen LogP contribution is 2.19. The highest BCUT2D eigenvalue weighted by Gasteiger charge is 2.04. The van der Waals surface area contributed by atoms with Gasteiger partial charge < -0.3 is 10.6 Å². The van der Waals surface area contributed by atoms with E-state index in [1.54, 1.807) is 6.20 Å². The Labute approximate surface area is 125 Å². The van der Waals surface area contributed by atoms with E-state index in [0.717, 1.165) is 11.3 Å². The number of nitrogens with zero attached hydrogens (tertiary/aromatic N) is 1. The lowest BCUT2D eigenvalue weighted by Gasteiger charge is -2.14. The molecule has 0 amide bonds. The lowest BCUT2D eigenvalue weighted by Crippen LogP contribution is -2.28. The Balaban J connectivity index is 1.97. The fourth-order valence-electron chi connectivity index (χ4n) is 1.95. The van der Waals surface area contributed by atoms with E-state index in [2.05, 4.69) is 48.5 Å². The molecule has 0 saturated heterocycles. The summed E-state index contributed by atoms with van der Waals surface area (Å²) in [5, 5.41) is 7.06. The van der Waals surface area contributed by atoms with Crippen molar-refractivity contribution < 1.29 is 0 Å². The van der Waals surface area contributed by atoms with Crippen molar-refractivity contribution in [1.29, 1.82) is 0 Å². The average molecular weight is 285 g/mol. The zero-order valence-corrected chi connectivity index (χ0v) is 12.8. The molecule has 4 heteroatoms. The Morgan fingerprint density at radius 1 is 1.15 bits per heavy atom. The molecule has 0 radical (unpaired) electrons. The van der Waals surface area contributed by atoms with Crippen LogP contribution in [0.5, 0.6) is 0 Å². The molecule has 1 aromatic heterocycles. The van der Waals surface area contributed by atoms with Gasteiger partial charge in [0, 0.05) is 24.6 Å². The molecule has 0 aliphatic heterocycles. The normalized spacial score (nSPS) is 10.2. The number of aryl methyl sites for hydroxylation is 3. The van der Waals surface area contributed by atoms with Gasteiger partial charge in [-0.1, -0.05) is 12.1 Å². The first-order valence-electron chi connectivity index (χ1n) is 6.58. The highest BCUT2D eigenvalue weighted by atomic mass is 32.1. The molecule has 0 unspecified atom stereocenters. The van der Waals surface area contributed by atoms with Crippen LogP contribution in [0.2, 0.25) is 0 Å². The van der Waals surface area contributed by atoms with Crippen LogP contribution in [-0.4, -0.2) is 10.1 Å². The molecule has 104 valence electrons. The summed E-state index contributed by atoms with van der Waals surface area (Å²) in [6.07, 6.45) is 3.59. The van der Waals surface area contributed by atoms with Gasteiger partial charge in [-0.3, -0.25) is 4.98 Å². The second-order valence-electron chi connectivity index (χ2n) is 4.92. The summed E-state index contributed by atoms with van der Waals surface area (Å²) in [4.78, 5) is 4.08. The number of anilines is 1. The third kappa shape index (κ3) is 3.78. The summed E-state index contributed by atoms with van der Waals surface area (Å²) < 4.78 is 0. The zero-order chi connectivity index (χ0) is 14.5. The molecule has 0 atom stereocenters. The van der Waals surface area contributed by atoms with Crippen molar-refractivity contribution in [3.8, 4) is 0 Å². The maximum Gasteiger partial charge on any atom is 0.171 e. The summed E-state index contributed by atoms with van der Waals surface area (Å²) >= 11 is 5.33. The number of hydrogen-bond acceptors (Lipinski definition) is 2. The highest BCUT2D eigenvalue weighted by molar-refractivity contribution is 7.80. The molecule has 0 aliphatic rings. The van der Waals surface area contributed by atoms with Gasteiger partial charge in [-0.15, -0.1) is 0 Å². The van der Waals surface area contributed by atoms with E-state index in [9.17, 15) is 0 Å². The molecule has 1 aromatic carbocycles. The van der Waals surface area contributed by atoms with Crippen molar-refractivity contribution in [1.82, 2.24) is 10.3 Å². The lowest BCUT2D eigenvalue weighted by molar-refractivity contribution is 0.916. The predicted molar refractivity (Wildman–Crippen MR) is 88.0 cm³/mol. The molecule has 20 heavy (non-hydrogen) atoms. The van der Waals surface area contributed by atoms with E-state index in [1.165, 1.54) is 16.7 Å². The lowest BCUT2D eigenvalue weighted by atomic mass is 10.1. The summed E-state index contributed by atoms with van der Waals surface area (Å²) in [7, 11) is 0. The first kappa shape index (κ1) is 14.5. The van der Waals surface area contributed by atoms with Gasteiger partial charge in [-0.2, -0.15) is 0 Å². The van der Waals surface area contributed by atoms with Gasteiger partial charge >= 0.3 is 0 Å². The van der Waals surface area contributed by atoms with Gasteiger partial charge in [0.05, 0.1) is 0 Å². The zero-order valence-electron chi connectivity index (χ0n) is 12.0. The Morgan fingerprint density at radius 3 is 2.60 bits per heavy atom. The minimum absolute atomic E-state index is 0.625. The average Bonchev–Trinajstić information content (AvgIpc) is 2.44. The monoisotopic (exact) mass is 285 g/mol. The number of thiocarbonyl (C=S) groups is 1. The first-order chi connectivity index (χ1) is 9.56. The van der Waals surface area contributed by atoms with Crippen molar-refractivity contribution in [3.05, 3.63) is 58.9 Å². The first-order valence-corrected chi connectivity index (χ1v) is 6.98. The van der Waals surface area contributed by atoms with Crippen molar-refractivity contribution in [2.24, 2.45) is 0 Å². The maximum atomic E-state index is 5.33. The fraction of sp³-hybridized carbons (Fsp3) is 0.250. The summed E-state index contributed by atoms with van der Waals surface area (Å²) in [5.41, 5.74) is 5.90. The van der Waals surface area contributed by atoms with Crippen LogP contribution in [0, 0.1) is 20.8 Å². The molecule has 0 aliphatic carbocycles. The topological polar surface area (TPSA) is 37.0 Å². The molecule has 1 heterocycles. The Kier molecular flexibility index (Phi) is 4.69. The molecule has 0 bridgehead atoms. The van der Waals surface area contributed by atoms with Crippen LogP contribution in [-0.2, 0) is 6.54 Å². The maximum absolute atomic E-state index is 5.33. The number of nitrogens with one attached hydrogen (secondary N) is 2. The van der Waals surface area contributed by atoms with Crippen molar-refractivity contribution in [3.63, 3.8) is 0 Å². The molecular formula is C16H19N3S. The third-order valence-corrected chi connectivity index (χ3v) is 3.51. The molecular weight excluding hydrogens is 266 g/mol. The molecule has 0 fully saturated rings. The number of rotatable bonds is 3. The largest absolute Gasteiger partial charge is 0.358 e. The second kappa shape index (κ2) is 6.48. The van der Waals surface area contributed by atoms with E-state index < -0.39 is 0 Å². The number of aromatic nitrogens is 1. The van der Waals surface area contributed by atoms with Crippen LogP contribution >= 0.6 is 12.2 Å². The molecule has 2 rings (SSSR count). The van der Waals surface area contributed by atoms with Gasteiger partial charge in [0.15, 0.2) is 5.11 Å². The van der Waals surface area contributed by atoms with Crippen molar-refractivity contribution in [2.45, 2.75) is 27.3 Å². The quantitative estimate of drug-likeness (QED) is 0.846. The van der Waals surface area contributed by atoms with Gasteiger partial charge in [0.1, 0.15) is 0 Å². The second-order valence-corrected chi connectivity index (χ2v) is 5.33. The summed E-state index contributed by atoms with van der Waals surface area (Å²) in [6, 6.07) is 8.23. The van der Waals surface area contributed by atoms with Crippen LogP contribution in [0.4, 0.5) is 5.69 Å². The van der Waals surface area contributed by atoms with Crippen LogP contribution in [0.3, 0.4) is 0 Å². The number of pyridine rings is 1. The molecule has 0 spiro atoms. The van der Waals surface area contributed by atoms with Crippen LogP contribution < -0.4 is 10.6 Å². The summed E-state index contributed by atoms with van der Waals surface area (Å²) in [6.45, 7) is 6.97. The standard InChI is InChI=1S/C16H19N3S/c1-11-7-13(3)15(8-12(11)2)19-16(20)18-10-14-5-4-6-17-9-14/h4-9H,10H2,1-3H3,(H2,18,19,20). The van der Waals surface area contributed by atoms with Crippen LogP contribution in [0.25, 0.3) is 0 Å². The van der Waals surface area contributed by atoms with Gasteiger partial charge in [-0.25, -0.2) is 0 Å². The number of hydrogen-bond donors (Lipinski definition) is 2. The Bertz CT molecular complexity index is 609. The van der Waals surface area contributed by atoms with E-state index in [4.69, 9.17) is 12.2 Å². The Morgan fingerprint density at radius 2 is 1.90 bits per heavy atom.